The maximum atomic E-state index is 5.65. The topological polar surface area (TPSA) is 17.8 Å². The average molecular weight is 321 g/mol. The minimum atomic E-state index is 0. The number of para-hydroxylation sites is 1. The normalized spacial score (nSPS) is 10.2. The SMILES string of the molecule is [CH-]=Cc1[c-]n(-c2ccccc2C)c2ncccc12.[Y]. The molecule has 0 saturated carbocycles. The van der Waals surface area contributed by atoms with Gasteiger partial charge in [0.05, 0.1) is 0 Å². The molecule has 91 valence electrons. The average Bonchev–Trinajstić information content (AvgIpc) is 2.78. The first-order valence-electron chi connectivity index (χ1n) is 5.81. The summed E-state index contributed by atoms with van der Waals surface area (Å²) in [7, 11) is 0. The number of fused-ring (bicyclic) bond motifs is 1. The molecule has 0 aliphatic heterocycles. The Morgan fingerprint density at radius 1 is 1.21 bits per heavy atom. The Morgan fingerprint density at radius 3 is 2.74 bits per heavy atom. The largest absolute Gasteiger partial charge is 0.421 e. The van der Waals surface area contributed by atoms with E-state index in [2.05, 4.69) is 30.2 Å². The molecule has 3 heteroatoms. The quantitative estimate of drug-likeness (QED) is 0.660. The second kappa shape index (κ2) is 5.81. The van der Waals surface area contributed by atoms with Crippen LogP contribution in [0.3, 0.4) is 0 Å². The number of pyridine rings is 1. The van der Waals surface area contributed by atoms with Gasteiger partial charge < -0.3 is 11.1 Å². The molecule has 0 saturated heterocycles. The number of benzene rings is 1. The van der Waals surface area contributed by atoms with Gasteiger partial charge in [-0.05, 0) is 12.6 Å². The molecule has 2 aromatic heterocycles. The van der Waals surface area contributed by atoms with Crippen LogP contribution in [0.5, 0.6) is 0 Å². The third-order valence-electron chi connectivity index (χ3n) is 3.04. The van der Waals surface area contributed by atoms with E-state index < -0.39 is 0 Å². The molecule has 0 aliphatic rings. The third-order valence-corrected chi connectivity index (χ3v) is 3.04. The van der Waals surface area contributed by atoms with E-state index in [0.29, 0.717) is 0 Å². The van der Waals surface area contributed by atoms with Gasteiger partial charge in [-0.1, -0.05) is 35.9 Å². The van der Waals surface area contributed by atoms with E-state index >= 15 is 0 Å². The summed E-state index contributed by atoms with van der Waals surface area (Å²) in [5.74, 6) is 0. The van der Waals surface area contributed by atoms with Crippen molar-refractivity contribution in [1.82, 2.24) is 9.55 Å². The molecule has 0 spiro atoms. The van der Waals surface area contributed by atoms with Crippen LogP contribution >= 0.6 is 0 Å². The zero-order valence-corrected chi connectivity index (χ0v) is 13.5. The number of hydrogen-bond acceptors (Lipinski definition) is 1. The standard InChI is InChI=1S/C16H12N2.Y/c1-3-13-11-18(15-9-5-4-7-12(15)2)16-14(13)8-6-10-17-16;/h1,3-10H,2H3;/q-2;. The van der Waals surface area contributed by atoms with Crippen molar-refractivity contribution in [2.75, 3.05) is 0 Å². The van der Waals surface area contributed by atoms with Crippen molar-refractivity contribution in [1.29, 1.82) is 0 Å². The van der Waals surface area contributed by atoms with Crippen molar-refractivity contribution in [3.63, 3.8) is 0 Å². The van der Waals surface area contributed by atoms with E-state index in [-0.39, 0.29) is 32.7 Å². The predicted molar refractivity (Wildman–Crippen MR) is 73.4 cm³/mol. The number of aryl methyl sites for hydroxylation is 1. The van der Waals surface area contributed by atoms with E-state index in [0.717, 1.165) is 22.3 Å². The van der Waals surface area contributed by atoms with Crippen LogP contribution in [0.15, 0.2) is 42.6 Å². The van der Waals surface area contributed by atoms with Gasteiger partial charge >= 0.3 is 0 Å². The van der Waals surface area contributed by atoms with Crippen molar-refractivity contribution < 1.29 is 32.7 Å². The first-order chi connectivity index (χ1) is 8.81. The molecule has 2 heterocycles. The molecular weight excluding hydrogens is 309 g/mol. The summed E-state index contributed by atoms with van der Waals surface area (Å²) in [5.41, 5.74) is 4.01. The van der Waals surface area contributed by atoms with Crippen molar-refractivity contribution in [3.8, 4) is 5.69 Å². The molecule has 0 atom stereocenters. The molecule has 3 aromatic rings. The molecule has 0 aliphatic carbocycles. The van der Waals surface area contributed by atoms with Crippen LogP contribution in [0.25, 0.3) is 22.8 Å². The Morgan fingerprint density at radius 2 is 2.00 bits per heavy atom. The molecule has 1 radical (unpaired) electrons. The Bertz CT molecular complexity index is 728. The Labute approximate surface area is 138 Å². The van der Waals surface area contributed by atoms with Gasteiger partial charge in [0, 0.05) is 44.6 Å². The number of hydrogen-bond donors (Lipinski definition) is 0. The first-order valence-corrected chi connectivity index (χ1v) is 5.81. The van der Waals surface area contributed by atoms with E-state index in [1.807, 2.05) is 28.8 Å². The van der Waals surface area contributed by atoms with Crippen molar-refractivity contribution >= 4 is 17.1 Å². The van der Waals surface area contributed by atoms with Gasteiger partial charge in [-0.15, -0.1) is 12.3 Å². The van der Waals surface area contributed by atoms with E-state index in [4.69, 9.17) is 6.58 Å². The molecule has 0 unspecified atom stereocenters. The van der Waals surface area contributed by atoms with Gasteiger partial charge in [0.25, 0.3) is 0 Å². The van der Waals surface area contributed by atoms with Crippen LogP contribution in [0.4, 0.5) is 0 Å². The number of nitrogens with zero attached hydrogens (tertiary/aromatic N) is 2. The summed E-state index contributed by atoms with van der Waals surface area (Å²) in [4.78, 5) is 4.42. The number of rotatable bonds is 2. The first kappa shape index (κ1) is 14.2. The predicted octanol–water partition coefficient (Wildman–Crippen LogP) is 3.58. The van der Waals surface area contributed by atoms with Gasteiger partial charge in [0.1, 0.15) is 0 Å². The summed E-state index contributed by atoms with van der Waals surface area (Å²) < 4.78 is 1.96. The third kappa shape index (κ3) is 2.43. The van der Waals surface area contributed by atoms with Crippen LogP contribution in [0.2, 0.25) is 0 Å². The molecule has 3 rings (SSSR count). The van der Waals surface area contributed by atoms with Crippen molar-refractivity contribution in [2.45, 2.75) is 6.92 Å². The van der Waals surface area contributed by atoms with Gasteiger partial charge in [0.15, 0.2) is 0 Å². The molecule has 1 aromatic carbocycles. The van der Waals surface area contributed by atoms with Crippen LogP contribution in [0, 0.1) is 19.7 Å². The van der Waals surface area contributed by atoms with Crippen LogP contribution in [-0.4, -0.2) is 9.55 Å². The molecule has 19 heavy (non-hydrogen) atoms. The molecule has 0 amide bonds. The monoisotopic (exact) mass is 321 g/mol. The summed E-state index contributed by atoms with van der Waals surface area (Å²) >= 11 is 0. The summed E-state index contributed by atoms with van der Waals surface area (Å²) in [6, 6.07) is 12.1. The maximum Gasteiger partial charge on any atom is 0.0260 e. The smallest absolute Gasteiger partial charge is 0.0260 e. The zero-order chi connectivity index (χ0) is 12.5. The van der Waals surface area contributed by atoms with E-state index in [9.17, 15) is 0 Å². The maximum absolute atomic E-state index is 5.65. The Hall–Kier alpha value is -1.25. The summed E-state index contributed by atoms with van der Waals surface area (Å²) in [6.07, 6.45) is 6.62. The molecular formula is C16H12N2Y-2. The van der Waals surface area contributed by atoms with Gasteiger partial charge in [0.2, 0.25) is 0 Å². The second-order valence-electron chi connectivity index (χ2n) is 4.19. The number of aromatic nitrogens is 2. The Balaban J connectivity index is 0.00000133. The fourth-order valence-corrected chi connectivity index (χ4v) is 2.13. The van der Waals surface area contributed by atoms with Crippen molar-refractivity contribution in [3.05, 3.63) is 66.5 Å². The summed E-state index contributed by atoms with van der Waals surface area (Å²) in [6.45, 7) is 7.72. The van der Waals surface area contributed by atoms with E-state index in [1.54, 1.807) is 12.3 Å². The molecule has 0 N–H and O–H groups in total. The van der Waals surface area contributed by atoms with Gasteiger partial charge in [-0.25, -0.2) is 0 Å². The van der Waals surface area contributed by atoms with Gasteiger partial charge in [-0.2, -0.15) is 5.39 Å². The van der Waals surface area contributed by atoms with Crippen LogP contribution in [0.1, 0.15) is 11.1 Å². The van der Waals surface area contributed by atoms with Gasteiger partial charge in [-0.3, -0.25) is 16.6 Å². The fourth-order valence-electron chi connectivity index (χ4n) is 2.13. The minimum absolute atomic E-state index is 0. The van der Waals surface area contributed by atoms with Crippen LogP contribution in [-0.2, 0) is 32.7 Å². The molecule has 2 nitrogen and oxygen atoms in total. The summed E-state index contributed by atoms with van der Waals surface area (Å²) in [5, 5.41) is 1.02. The van der Waals surface area contributed by atoms with Crippen LogP contribution < -0.4 is 0 Å². The Kier molecular flexibility index (Phi) is 4.33. The molecule has 0 bridgehead atoms. The van der Waals surface area contributed by atoms with Crippen molar-refractivity contribution in [2.24, 2.45) is 0 Å². The van der Waals surface area contributed by atoms with E-state index in [1.165, 1.54) is 5.56 Å². The zero-order valence-electron chi connectivity index (χ0n) is 10.7. The molecule has 0 fully saturated rings. The minimum Gasteiger partial charge on any atom is -0.421 e. The second-order valence-corrected chi connectivity index (χ2v) is 4.19. The fraction of sp³-hybridized carbons (Fsp3) is 0.0625.